The van der Waals surface area contributed by atoms with E-state index in [0.717, 1.165) is 88.7 Å². The van der Waals surface area contributed by atoms with Crippen LogP contribution in [-0.2, 0) is 23.1 Å². The molecule has 2 heterocycles. The quantitative estimate of drug-likeness (QED) is 0.173. The molecule has 2 fully saturated rings. The number of benzene rings is 2. The van der Waals surface area contributed by atoms with Gasteiger partial charge in [-0.2, -0.15) is 0 Å². The van der Waals surface area contributed by atoms with Crippen molar-refractivity contribution in [2.45, 2.75) is 114 Å². The highest BCUT2D eigenvalue weighted by molar-refractivity contribution is 5.77. The predicted octanol–water partition coefficient (Wildman–Crippen LogP) is 7.21. The highest BCUT2D eigenvalue weighted by Crippen LogP contribution is 2.65. The third kappa shape index (κ3) is 5.52. The van der Waals surface area contributed by atoms with Gasteiger partial charge in [-0.25, -0.2) is 0 Å². The molecule has 1 saturated carbocycles. The Labute approximate surface area is 264 Å². The van der Waals surface area contributed by atoms with Gasteiger partial charge in [0.15, 0.2) is 11.5 Å². The molecule has 4 aliphatic rings. The zero-order valence-electron chi connectivity index (χ0n) is 26.9. The highest BCUT2D eigenvalue weighted by Gasteiger charge is 2.67. The average molecular weight is 601 g/mol. The summed E-state index contributed by atoms with van der Waals surface area (Å²) in [6.07, 6.45) is 15.2. The molecular formula is C38H52N2O4. The Hall–Kier alpha value is -2.99. The van der Waals surface area contributed by atoms with E-state index in [-0.39, 0.29) is 23.5 Å². The third-order valence-electron chi connectivity index (χ3n) is 11.2. The smallest absolute Gasteiger partial charge is 0.222 e. The first-order valence-corrected chi connectivity index (χ1v) is 17.3. The Balaban J connectivity index is 1.18. The average Bonchev–Trinajstić information content (AvgIpc) is 3.38. The van der Waals surface area contributed by atoms with Crippen molar-refractivity contribution in [3.63, 3.8) is 0 Å². The number of piperidine rings is 1. The lowest BCUT2D eigenvalue weighted by Crippen LogP contribution is -2.69. The number of carbonyl (C=O) groups excluding carboxylic acids is 1. The summed E-state index contributed by atoms with van der Waals surface area (Å²) in [5.74, 6) is 2.47. The molecule has 1 amide bonds. The number of aryl methyl sites for hydroxylation is 1. The molecule has 2 aliphatic carbocycles. The van der Waals surface area contributed by atoms with Crippen molar-refractivity contribution in [3.8, 4) is 17.2 Å². The first-order valence-electron chi connectivity index (χ1n) is 17.3. The molecule has 2 bridgehead atoms. The van der Waals surface area contributed by atoms with Crippen LogP contribution in [0.2, 0.25) is 0 Å². The van der Waals surface area contributed by atoms with Gasteiger partial charge in [-0.3, -0.25) is 9.69 Å². The molecule has 5 atom stereocenters. The number of phenols is 1. The monoisotopic (exact) mass is 600 g/mol. The minimum Gasteiger partial charge on any atom is -0.508 e. The fourth-order valence-corrected chi connectivity index (χ4v) is 9.24. The molecule has 2 aliphatic heterocycles. The normalized spacial score (nSPS) is 26.5. The molecule has 0 radical (unpaired) electrons. The van der Waals surface area contributed by atoms with E-state index in [9.17, 15) is 9.90 Å². The molecule has 44 heavy (non-hydrogen) atoms. The maximum atomic E-state index is 14.0. The van der Waals surface area contributed by atoms with Crippen LogP contribution >= 0.6 is 0 Å². The first kappa shape index (κ1) is 31.0. The summed E-state index contributed by atoms with van der Waals surface area (Å²) in [5, 5.41) is 11.2. The van der Waals surface area contributed by atoms with Crippen molar-refractivity contribution in [2.75, 3.05) is 26.7 Å². The molecule has 2 aromatic rings. The molecule has 238 valence electrons. The van der Waals surface area contributed by atoms with Gasteiger partial charge >= 0.3 is 0 Å². The van der Waals surface area contributed by atoms with Gasteiger partial charge in [-0.15, -0.1) is 6.58 Å². The largest absolute Gasteiger partial charge is 0.508 e. The second kappa shape index (κ2) is 13.6. The van der Waals surface area contributed by atoms with Crippen molar-refractivity contribution in [2.24, 2.45) is 5.92 Å². The number of aromatic hydroxyl groups is 1. The van der Waals surface area contributed by atoms with E-state index in [4.69, 9.17) is 9.47 Å². The number of likely N-dealkylation sites (tertiary alicyclic amines) is 1. The van der Waals surface area contributed by atoms with Gasteiger partial charge in [0.25, 0.3) is 0 Å². The van der Waals surface area contributed by atoms with Gasteiger partial charge in [-0.05, 0) is 69.4 Å². The lowest BCUT2D eigenvalue weighted by atomic mass is 9.50. The fourth-order valence-electron chi connectivity index (χ4n) is 9.24. The van der Waals surface area contributed by atoms with Crippen LogP contribution in [-0.4, -0.2) is 65.7 Å². The summed E-state index contributed by atoms with van der Waals surface area (Å²) in [5.41, 5.74) is 3.42. The van der Waals surface area contributed by atoms with Crippen molar-refractivity contribution < 1.29 is 19.4 Å². The molecule has 6 heteroatoms. The number of carbonyl (C=O) groups is 1. The maximum absolute atomic E-state index is 14.0. The number of unbranched alkanes of at least 4 members (excludes halogenated alkanes) is 5. The van der Waals surface area contributed by atoms with Crippen LogP contribution in [0.4, 0.5) is 0 Å². The second-order valence-electron chi connectivity index (χ2n) is 13.6. The van der Waals surface area contributed by atoms with E-state index in [2.05, 4.69) is 53.6 Å². The molecule has 2 aromatic carbocycles. The number of ether oxygens (including phenoxy) is 2. The Bertz CT molecular complexity index is 1310. The van der Waals surface area contributed by atoms with Crippen LogP contribution in [0.3, 0.4) is 0 Å². The Morgan fingerprint density at radius 2 is 1.95 bits per heavy atom. The molecule has 1 saturated heterocycles. The number of hydrogen-bond donors (Lipinski definition) is 1. The van der Waals surface area contributed by atoms with Gasteiger partial charge < -0.3 is 19.5 Å². The van der Waals surface area contributed by atoms with Crippen molar-refractivity contribution in [3.05, 3.63) is 65.7 Å². The van der Waals surface area contributed by atoms with E-state index in [1.807, 2.05) is 6.08 Å². The first-order chi connectivity index (χ1) is 21.5. The summed E-state index contributed by atoms with van der Waals surface area (Å²) < 4.78 is 12.8. The number of phenolic OH excluding ortho intramolecular Hbond substituents is 1. The standard InChI is InChI=1S/C38H52N2O4/c1-4-6-23-40(34(42)18-14-9-7-8-11-15-27-16-12-10-13-17-27)30-20-19-29-31-25-28-32(41)26-33(43-3)36-35(28)38(29,37(30)44-36)21-24-39(31)22-5-2/h5,10,12-13,16-17,26,29-31,37,41H,2,4,6-9,11,14-15,18-25H2,1,3H3/t29-,30+,31+,37-,38-/m0/s1. The van der Waals surface area contributed by atoms with Crippen LogP contribution in [0.15, 0.2) is 49.1 Å². The van der Waals surface area contributed by atoms with E-state index < -0.39 is 0 Å². The van der Waals surface area contributed by atoms with Crippen molar-refractivity contribution in [1.29, 1.82) is 0 Å². The van der Waals surface area contributed by atoms with Gasteiger partial charge in [0.2, 0.25) is 5.91 Å². The van der Waals surface area contributed by atoms with Crippen LogP contribution in [0.5, 0.6) is 17.2 Å². The molecular weight excluding hydrogens is 548 g/mol. The predicted molar refractivity (Wildman–Crippen MR) is 176 cm³/mol. The lowest BCUT2D eigenvalue weighted by Gasteiger charge is -2.60. The Morgan fingerprint density at radius 1 is 1.16 bits per heavy atom. The van der Waals surface area contributed by atoms with Crippen molar-refractivity contribution >= 4 is 5.91 Å². The number of amides is 1. The zero-order chi connectivity index (χ0) is 30.7. The fraction of sp³-hybridized carbons (Fsp3) is 0.605. The summed E-state index contributed by atoms with van der Waals surface area (Å²) in [6.45, 7) is 8.86. The SMILES string of the molecule is C=CCN1CC[C@]23c4c5c(O)cc(OC)c4O[C@H]2[C@H](N(CCCC)C(=O)CCCCCCCc2ccccc2)CC[C@H]3[C@H]1C5. The van der Waals surface area contributed by atoms with E-state index in [0.29, 0.717) is 29.9 Å². The Morgan fingerprint density at radius 3 is 2.73 bits per heavy atom. The van der Waals surface area contributed by atoms with E-state index in [1.165, 1.54) is 30.4 Å². The molecule has 0 unspecified atom stereocenters. The lowest BCUT2D eigenvalue weighted by molar-refractivity contribution is -0.142. The van der Waals surface area contributed by atoms with Crippen LogP contribution < -0.4 is 9.47 Å². The maximum Gasteiger partial charge on any atom is 0.222 e. The minimum atomic E-state index is -0.205. The van der Waals surface area contributed by atoms with Gasteiger partial charge in [0.05, 0.1) is 13.2 Å². The molecule has 0 aromatic heterocycles. The Kier molecular flexibility index (Phi) is 9.56. The molecule has 6 nitrogen and oxygen atoms in total. The summed E-state index contributed by atoms with van der Waals surface area (Å²) >= 11 is 0. The van der Waals surface area contributed by atoms with E-state index >= 15 is 0 Å². The molecule has 1 spiro atoms. The summed E-state index contributed by atoms with van der Waals surface area (Å²) in [7, 11) is 1.66. The highest BCUT2D eigenvalue weighted by atomic mass is 16.5. The molecule has 1 N–H and O–H groups in total. The van der Waals surface area contributed by atoms with Crippen LogP contribution in [0.25, 0.3) is 0 Å². The van der Waals surface area contributed by atoms with Crippen LogP contribution in [0, 0.1) is 5.92 Å². The number of rotatable bonds is 15. The van der Waals surface area contributed by atoms with Crippen LogP contribution in [0.1, 0.15) is 94.2 Å². The van der Waals surface area contributed by atoms with Gasteiger partial charge in [-0.1, -0.05) is 69.0 Å². The zero-order valence-corrected chi connectivity index (χ0v) is 26.9. The number of methoxy groups -OCH3 is 1. The number of hydrogen-bond acceptors (Lipinski definition) is 5. The third-order valence-corrected chi connectivity index (χ3v) is 11.2. The second-order valence-corrected chi connectivity index (χ2v) is 13.6. The van der Waals surface area contributed by atoms with E-state index in [1.54, 1.807) is 13.2 Å². The van der Waals surface area contributed by atoms with Crippen molar-refractivity contribution in [1.82, 2.24) is 9.80 Å². The van der Waals surface area contributed by atoms with Gasteiger partial charge in [0.1, 0.15) is 11.9 Å². The van der Waals surface area contributed by atoms with Gasteiger partial charge in [0, 0.05) is 48.2 Å². The number of nitrogens with zero attached hydrogens (tertiary/aromatic N) is 2. The molecule has 6 rings (SSSR count). The summed E-state index contributed by atoms with van der Waals surface area (Å²) in [6, 6.07) is 12.8. The minimum absolute atomic E-state index is 0.0352. The topological polar surface area (TPSA) is 62.2 Å². The summed E-state index contributed by atoms with van der Waals surface area (Å²) in [4.78, 5) is 18.8.